The minimum absolute atomic E-state index is 0.190. The number of aromatic nitrogens is 1. The quantitative estimate of drug-likeness (QED) is 0.891. The van der Waals surface area contributed by atoms with Crippen LogP contribution in [0.3, 0.4) is 0 Å². The summed E-state index contributed by atoms with van der Waals surface area (Å²) in [5.41, 5.74) is 0. The average Bonchev–Trinajstić information content (AvgIpc) is 2.28. The molecule has 1 heterocycles. The second-order valence-corrected chi connectivity index (χ2v) is 5.36. The van der Waals surface area contributed by atoms with Crippen molar-refractivity contribution in [2.24, 2.45) is 0 Å². The van der Waals surface area contributed by atoms with Crippen molar-refractivity contribution >= 4 is 32.7 Å². The SMILES string of the molecule is COc1nc(NS(=O)CCC(F)(F)F)ccc1Br. The molecule has 102 valence electrons. The number of nitrogens with zero attached hydrogens (tertiary/aromatic N) is 1. The third kappa shape index (κ3) is 5.21. The maximum absolute atomic E-state index is 11.9. The van der Waals surface area contributed by atoms with Crippen LogP contribution in [0.15, 0.2) is 16.6 Å². The lowest BCUT2D eigenvalue weighted by Gasteiger charge is -2.09. The number of hydrogen-bond donors (Lipinski definition) is 1. The Labute approximate surface area is 113 Å². The van der Waals surface area contributed by atoms with Crippen LogP contribution in [-0.4, -0.2) is 28.2 Å². The number of pyridine rings is 1. The summed E-state index contributed by atoms with van der Waals surface area (Å²) < 4.78 is 55.0. The van der Waals surface area contributed by atoms with Gasteiger partial charge in [-0.05, 0) is 28.1 Å². The Morgan fingerprint density at radius 3 is 2.72 bits per heavy atom. The maximum atomic E-state index is 11.9. The first-order chi connectivity index (χ1) is 8.31. The third-order valence-corrected chi connectivity index (χ3v) is 3.41. The lowest BCUT2D eigenvalue weighted by Crippen LogP contribution is -2.17. The van der Waals surface area contributed by atoms with Gasteiger partial charge >= 0.3 is 6.18 Å². The number of halogens is 4. The summed E-state index contributed by atoms with van der Waals surface area (Å²) in [6, 6.07) is 3.08. The van der Waals surface area contributed by atoms with Gasteiger partial charge < -0.3 is 4.74 Å². The number of hydrogen-bond acceptors (Lipinski definition) is 3. The first-order valence-corrected chi connectivity index (χ1v) is 6.85. The van der Waals surface area contributed by atoms with E-state index >= 15 is 0 Å². The molecule has 0 aliphatic heterocycles. The first kappa shape index (κ1) is 15.2. The Balaban J connectivity index is 2.59. The molecule has 0 amide bonds. The zero-order valence-electron chi connectivity index (χ0n) is 9.25. The largest absolute Gasteiger partial charge is 0.480 e. The summed E-state index contributed by atoms with van der Waals surface area (Å²) in [7, 11) is -0.437. The van der Waals surface area contributed by atoms with E-state index in [1.165, 1.54) is 13.2 Å². The molecule has 1 atom stereocenters. The molecule has 1 aromatic rings. The van der Waals surface area contributed by atoms with Crippen LogP contribution < -0.4 is 9.46 Å². The molecule has 1 N–H and O–H groups in total. The fourth-order valence-corrected chi connectivity index (χ4v) is 2.25. The molecule has 0 aliphatic rings. The van der Waals surface area contributed by atoms with Gasteiger partial charge in [-0.15, -0.1) is 0 Å². The highest BCUT2D eigenvalue weighted by Crippen LogP contribution is 2.24. The van der Waals surface area contributed by atoms with E-state index in [1.807, 2.05) is 0 Å². The average molecular weight is 347 g/mol. The minimum Gasteiger partial charge on any atom is -0.480 e. The minimum atomic E-state index is -4.32. The zero-order chi connectivity index (χ0) is 13.8. The first-order valence-electron chi connectivity index (χ1n) is 4.74. The maximum Gasteiger partial charge on any atom is 0.390 e. The summed E-state index contributed by atoms with van der Waals surface area (Å²) in [6.07, 6.45) is -5.43. The Bertz CT molecular complexity index is 442. The number of rotatable bonds is 5. The second-order valence-electron chi connectivity index (χ2n) is 3.20. The van der Waals surface area contributed by atoms with Gasteiger partial charge in [-0.2, -0.15) is 18.2 Å². The van der Waals surface area contributed by atoms with Crippen LogP contribution in [0.1, 0.15) is 6.42 Å². The van der Waals surface area contributed by atoms with Crippen LogP contribution in [0.5, 0.6) is 5.88 Å². The molecular formula is C9H10BrF3N2O2S. The molecule has 1 aromatic heterocycles. The summed E-state index contributed by atoms with van der Waals surface area (Å²) in [5, 5.41) is 0. The monoisotopic (exact) mass is 346 g/mol. The van der Waals surface area contributed by atoms with Crippen molar-refractivity contribution in [2.75, 3.05) is 17.6 Å². The van der Waals surface area contributed by atoms with Crippen LogP contribution in [0.4, 0.5) is 19.0 Å². The summed E-state index contributed by atoms with van der Waals surface area (Å²) in [6.45, 7) is 0. The highest BCUT2D eigenvalue weighted by atomic mass is 79.9. The van der Waals surface area contributed by atoms with Crippen LogP contribution in [-0.2, 0) is 11.0 Å². The fraction of sp³-hybridized carbons (Fsp3) is 0.444. The van der Waals surface area contributed by atoms with Gasteiger partial charge in [0.05, 0.1) is 23.8 Å². The van der Waals surface area contributed by atoms with E-state index in [9.17, 15) is 17.4 Å². The Kier molecular flexibility index (Phi) is 5.39. The Morgan fingerprint density at radius 2 is 2.17 bits per heavy atom. The van der Waals surface area contributed by atoms with Gasteiger partial charge in [0.1, 0.15) is 16.8 Å². The van der Waals surface area contributed by atoms with Crippen molar-refractivity contribution in [3.8, 4) is 5.88 Å². The van der Waals surface area contributed by atoms with Crippen LogP contribution in [0.25, 0.3) is 0 Å². The topological polar surface area (TPSA) is 51.2 Å². The van der Waals surface area contributed by atoms with Crippen molar-refractivity contribution in [3.05, 3.63) is 16.6 Å². The predicted octanol–water partition coefficient (Wildman–Crippen LogP) is 2.88. The summed E-state index contributed by atoms with van der Waals surface area (Å²) in [4.78, 5) is 3.92. The standard InChI is InChI=1S/C9H10BrF3N2O2S/c1-17-8-6(10)2-3-7(14-8)15-18(16)5-4-9(11,12)13/h2-3H,4-5H2,1H3,(H,14,15). The van der Waals surface area contributed by atoms with E-state index in [-0.39, 0.29) is 11.7 Å². The van der Waals surface area contributed by atoms with Gasteiger partial charge in [-0.1, -0.05) is 0 Å². The fourth-order valence-electron chi connectivity index (χ4n) is 1.000. The van der Waals surface area contributed by atoms with Crippen LogP contribution in [0.2, 0.25) is 0 Å². The lowest BCUT2D eigenvalue weighted by atomic mass is 10.4. The van der Waals surface area contributed by atoms with E-state index in [0.29, 0.717) is 4.47 Å². The third-order valence-electron chi connectivity index (χ3n) is 1.80. The molecule has 0 fully saturated rings. The highest BCUT2D eigenvalue weighted by molar-refractivity contribution is 9.10. The molecule has 0 aliphatic carbocycles. The molecule has 0 saturated heterocycles. The molecule has 0 radical (unpaired) electrons. The van der Waals surface area contributed by atoms with Gasteiger partial charge in [0, 0.05) is 0 Å². The molecule has 1 rings (SSSR count). The number of ether oxygens (including phenoxy) is 1. The second kappa shape index (κ2) is 6.37. The van der Waals surface area contributed by atoms with Gasteiger partial charge in [-0.25, -0.2) is 4.21 Å². The molecule has 4 nitrogen and oxygen atoms in total. The summed E-state index contributed by atoms with van der Waals surface area (Å²) >= 11 is 3.17. The van der Waals surface area contributed by atoms with E-state index in [2.05, 4.69) is 25.6 Å². The van der Waals surface area contributed by atoms with Crippen LogP contribution in [0, 0.1) is 0 Å². The van der Waals surface area contributed by atoms with E-state index in [1.54, 1.807) is 6.07 Å². The number of methoxy groups -OCH3 is 1. The van der Waals surface area contributed by atoms with E-state index < -0.39 is 29.3 Å². The predicted molar refractivity (Wildman–Crippen MR) is 65.8 cm³/mol. The molecule has 0 aromatic carbocycles. The molecular weight excluding hydrogens is 337 g/mol. The molecule has 0 spiro atoms. The van der Waals surface area contributed by atoms with Crippen molar-refractivity contribution in [1.29, 1.82) is 0 Å². The molecule has 18 heavy (non-hydrogen) atoms. The number of anilines is 1. The van der Waals surface area contributed by atoms with Gasteiger partial charge in [0.25, 0.3) is 0 Å². The Morgan fingerprint density at radius 1 is 1.50 bits per heavy atom. The van der Waals surface area contributed by atoms with Crippen molar-refractivity contribution < 1.29 is 22.1 Å². The van der Waals surface area contributed by atoms with Crippen molar-refractivity contribution in [2.45, 2.75) is 12.6 Å². The number of nitrogens with one attached hydrogen (secondary N) is 1. The van der Waals surface area contributed by atoms with Gasteiger partial charge in [0.15, 0.2) is 0 Å². The van der Waals surface area contributed by atoms with Gasteiger partial charge in [0.2, 0.25) is 5.88 Å². The van der Waals surface area contributed by atoms with Gasteiger partial charge in [-0.3, -0.25) is 4.72 Å². The zero-order valence-corrected chi connectivity index (χ0v) is 11.7. The van der Waals surface area contributed by atoms with E-state index in [0.717, 1.165) is 0 Å². The molecule has 0 bridgehead atoms. The molecule has 9 heteroatoms. The number of alkyl halides is 3. The normalized spacial score (nSPS) is 13.2. The molecule has 0 saturated carbocycles. The van der Waals surface area contributed by atoms with Crippen molar-refractivity contribution in [3.63, 3.8) is 0 Å². The highest BCUT2D eigenvalue weighted by Gasteiger charge is 2.27. The Hall–Kier alpha value is -0.830. The lowest BCUT2D eigenvalue weighted by molar-refractivity contribution is -0.129. The summed E-state index contributed by atoms with van der Waals surface area (Å²) in [5.74, 6) is -0.0767. The van der Waals surface area contributed by atoms with Crippen molar-refractivity contribution in [1.82, 2.24) is 4.98 Å². The van der Waals surface area contributed by atoms with Crippen LogP contribution >= 0.6 is 15.9 Å². The van der Waals surface area contributed by atoms with E-state index in [4.69, 9.17) is 4.74 Å². The smallest absolute Gasteiger partial charge is 0.390 e. The molecule has 1 unspecified atom stereocenters.